The zero-order valence-corrected chi connectivity index (χ0v) is 20.7. The summed E-state index contributed by atoms with van der Waals surface area (Å²) < 4.78 is 11.5. The Morgan fingerprint density at radius 2 is 0.944 bits per heavy atom. The minimum Gasteiger partial charge on any atom is -0.425 e. The molecule has 0 aliphatic heterocycles. The molecule has 0 amide bonds. The highest BCUT2D eigenvalue weighted by Gasteiger charge is 2.43. The quantitative estimate of drug-likeness (QED) is 0.268. The molecule has 0 fully saturated rings. The first-order valence-corrected chi connectivity index (χ1v) is 12.7. The zero-order chi connectivity index (χ0) is 25.7. The van der Waals surface area contributed by atoms with Crippen LogP contribution in [0.3, 0.4) is 0 Å². The molecule has 0 radical (unpaired) electrons. The minimum atomic E-state index is -0.470. The molecule has 0 aromatic heterocycles. The van der Waals surface area contributed by atoms with Gasteiger partial charge >= 0.3 is 11.9 Å². The van der Waals surface area contributed by atoms with E-state index in [-0.39, 0.29) is 35.5 Å². The zero-order valence-electron chi connectivity index (χ0n) is 20.7. The first-order valence-electron chi connectivity index (χ1n) is 12.7. The second-order valence-electron chi connectivity index (χ2n) is 9.02. The molecule has 0 saturated carbocycles. The van der Waals surface area contributed by atoms with Crippen molar-refractivity contribution >= 4 is 35.0 Å². The van der Waals surface area contributed by atoms with E-state index in [9.17, 15) is 19.2 Å². The van der Waals surface area contributed by atoms with Crippen LogP contribution < -0.4 is 0 Å². The molecule has 0 spiro atoms. The van der Waals surface area contributed by atoms with Crippen LogP contribution >= 0.6 is 0 Å². The highest BCUT2D eigenvalue weighted by Crippen LogP contribution is 2.45. The number of fused-ring (bicyclic) bond motifs is 2. The second kappa shape index (κ2) is 11.3. The van der Waals surface area contributed by atoms with Gasteiger partial charge in [0.25, 0.3) is 0 Å². The van der Waals surface area contributed by atoms with Gasteiger partial charge in [-0.15, -0.1) is 0 Å². The van der Waals surface area contributed by atoms with Crippen molar-refractivity contribution in [2.24, 2.45) is 0 Å². The number of carbonyl (C=O) groups is 4. The number of benzene rings is 2. The highest BCUT2D eigenvalue weighted by atomic mass is 16.5. The summed E-state index contributed by atoms with van der Waals surface area (Å²) in [6.07, 6.45) is 5.41. The molecule has 0 N–H and O–H groups in total. The minimum absolute atomic E-state index is 0.0300. The fourth-order valence-electron chi connectivity index (χ4n) is 4.54. The Labute approximate surface area is 211 Å². The molecule has 4 rings (SSSR count). The summed E-state index contributed by atoms with van der Waals surface area (Å²) in [7, 11) is 0. The molecule has 2 aromatic carbocycles. The Morgan fingerprint density at radius 1 is 0.583 bits per heavy atom. The number of hydrogen-bond donors (Lipinski definition) is 0. The summed E-state index contributed by atoms with van der Waals surface area (Å²) in [6.45, 7) is 4.08. The van der Waals surface area contributed by atoms with Gasteiger partial charge in [-0.05, 0) is 12.8 Å². The van der Waals surface area contributed by atoms with Crippen molar-refractivity contribution in [2.75, 3.05) is 0 Å². The number of rotatable bonds is 11. The van der Waals surface area contributed by atoms with Gasteiger partial charge in [0.15, 0.2) is 23.1 Å². The van der Waals surface area contributed by atoms with Gasteiger partial charge in [0.05, 0.1) is 11.1 Å². The first-order chi connectivity index (χ1) is 17.5. The maximum atomic E-state index is 13.6. The number of esters is 2. The number of hydrogen-bond acceptors (Lipinski definition) is 6. The lowest BCUT2D eigenvalue weighted by molar-refractivity contribution is -0.137. The van der Waals surface area contributed by atoms with E-state index in [0.29, 0.717) is 35.1 Å². The molecular weight excluding hydrogens is 456 g/mol. The maximum Gasteiger partial charge on any atom is 0.311 e. The predicted molar refractivity (Wildman–Crippen MR) is 136 cm³/mol. The van der Waals surface area contributed by atoms with Crippen LogP contribution in [0.15, 0.2) is 59.7 Å². The largest absolute Gasteiger partial charge is 0.425 e. The van der Waals surface area contributed by atoms with E-state index in [1.807, 2.05) is 13.8 Å². The van der Waals surface area contributed by atoms with Crippen LogP contribution in [0.5, 0.6) is 0 Å². The fraction of sp³-hybridized carbons (Fsp3) is 0.333. The molecular formula is C30H30O6. The van der Waals surface area contributed by atoms with Crippen LogP contribution in [0.2, 0.25) is 0 Å². The summed E-state index contributed by atoms with van der Waals surface area (Å²) in [5.74, 6) is -1.71. The Bertz CT molecular complexity index is 1180. The molecule has 6 heteroatoms. The van der Waals surface area contributed by atoms with E-state index in [1.165, 1.54) is 0 Å². The number of ether oxygens (including phenoxy) is 2. The summed E-state index contributed by atoms with van der Waals surface area (Å²) in [5.41, 5.74) is 1.52. The summed E-state index contributed by atoms with van der Waals surface area (Å²) in [5, 5.41) is 0. The van der Waals surface area contributed by atoms with E-state index < -0.39 is 23.5 Å². The summed E-state index contributed by atoms with van der Waals surface area (Å²) in [6, 6.07) is 13.6. The molecule has 0 atom stereocenters. The van der Waals surface area contributed by atoms with Gasteiger partial charge in [-0.2, -0.15) is 0 Å². The average molecular weight is 487 g/mol. The average Bonchev–Trinajstić information content (AvgIpc) is 3.30. The van der Waals surface area contributed by atoms with E-state index in [4.69, 9.17) is 9.47 Å². The summed E-state index contributed by atoms with van der Waals surface area (Å²) in [4.78, 5) is 52.6. The third-order valence-corrected chi connectivity index (χ3v) is 6.39. The molecule has 2 aliphatic rings. The lowest BCUT2D eigenvalue weighted by Gasteiger charge is -2.12. The van der Waals surface area contributed by atoms with Crippen molar-refractivity contribution in [3.63, 3.8) is 0 Å². The van der Waals surface area contributed by atoms with Gasteiger partial charge in [0, 0.05) is 35.1 Å². The van der Waals surface area contributed by atoms with E-state index in [2.05, 4.69) is 0 Å². The normalized spacial score (nSPS) is 14.3. The number of carbonyl (C=O) groups excluding carboxylic acids is 4. The Kier molecular flexibility index (Phi) is 7.93. The SMILES string of the molecule is CCCCCC(=O)OC1=C(C2=C(OC(=O)CCCCC)c3ccccc3C2=O)C(=O)c2ccccc21. The predicted octanol–water partition coefficient (Wildman–Crippen LogP) is 6.45. The summed E-state index contributed by atoms with van der Waals surface area (Å²) >= 11 is 0. The lowest BCUT2D eigenvalue weighted by Crippen LogP contribution is -2.12. The maximum absolute atomic E-state index is 13.6. The van der Waals surface area contributed by atoms with E-state index in [0.717, 1.165) is 25.7 Å². The fourth-order valence-corrected chi connectivity index (χ4v) is 4.54. The number of Topliss-reactive ketones (excluding diaryl/α,β-unsaturated/α-hetero) is 2. The molecule has 0 bridgehead atoms. The molecule has 0 unspecified atom stereocenters. The van der Waals surface area contributed by atoms with Crippen LogP contribution in [0, 0.1) is 0 Å². The molecule has 36 heavy (non-hydrogen) atoms. The van der Waals surface area contributed by atoms with Crippen molar-refractivity contribution in [2.45, 2.75) is 65.2 Å². The monoisotopic (exact) mass is 486 g/mol. The van der Waals surface area contributed by atoms with E-state index in [1.54, 1.807) is 48.5 Å². The molecule has 2 aliphatic carbocycles. The van der Waals surface area contributed by atoms with Crippen LogP contribution in [0.25, 0.3) is 11.5 Å². The molecule has 186 valence electrons. The first kappa shape index (κ1) is 25.3. The van der Waals surface area contributed by atoms with Gasteiger partial charge in [-0.1, -0.05) is 88.1 Å². The van der Waals surface area contributed by atoms with Crippen LogP contribution in [-0.4, -0.2) is 23.5 Å². The van der Waals surface area contributed by atoms with Gasteiger partial charge in [-0.25, -0.2) is 0 Å². The molecule has 0 heterocycles. The van der Waals surface area contributed by atoms with Crippen molar-refractivity contribution < 1.29 is 28.7 Å². The van der Waals surface area contributed by atoms with Crippen molar-refractivity contribution in [3.05, 3.63) is 81.9 Å². The van der Waals surface area contributed by atoms with Gasteiger partial charge in [-0.3, -0.25) is 19.2 Å². The Morgan fingerprint density at radius 3 is 1.31 bits per heavy atom. The smallest absolute Gasteiger partial charge is 0.311 e. The lowest BCUT2D eigenvalue weighted by atomic mass is 9.98. The second-order valence-corrected chi connectivity index (χ2v) is 9.02. The van der Waals surface area contributed by atoms with Crippen molar-refractivity contribution in [1.82, 2.24) is 0 Å². The van der Waals surface area contributed by atoms with Crippen LogP contribution in [0.4, 0.5) is 0 Å². The van der Waals surface area contributed by atoms with Crippen molar-refractivity contribution in [1.29, 1.82) is 0 Å². The topological polar surface area (TPSA) is 86.7 Å². The van der Waals surface area contributed by atoms with Crippen LogP contribution in [-0.2, 0) is 19.1 Å². The number of ketones is 2. The van der Waals surface area contributed by atoms with Crippen LogP contribution in [0.1, 0.15) is 97.1 Å². The third kappa shape index (κ3) is 4.94. The number of allylic oxidation sites excluding steroid dienone is 2. The Balaban J connectivity index is 1.81. The molecule has 6 nitrogen and oxygen atoms in total. The van der Waals surface area contributed by atoms with Gasteiger partial charge in [0.1, 0.15) is 0 Å². The van der Waals surface area contributed by atoms with Crippen molar-refractivity contribution in [3.8, 4) is 0 Å². The molecule has 0 saturated heterocycles. The van der Waals surface area contributed by atoms with E-state index >= 15 is 0 Å². The van der Waals surface area contributed by atoms with Gasteiger partial charge in [0.2, 0.25) is 0 Å². The number of unbranched alkanes of at least 4 members (excludes halogenated alkanes) is 4. The third-order valence-electron chi connectivity index (χ3n) is 6.39. The van der Waals surface area contributed by atoms with Gasteiger partial charge < -0.3 is 9.47 Å². The molecule has 2 aromatic rings. The standard InChI is InChI=1S/C30H30O6/c1-3-5-7-17-23(31)35-29-21-15-11-9-13-19(21)27(33)25(29)26-28(34)20-14-10-12-16-22(20)30(26)36-24(32)18-8-6-4-2/h9-16H,3-8,17-18H2,1-2H3. The highest BCUT2D eigenvalue weighted by molar-refractivity contribution is 6.34. The Hall–Kier alpha value is -3.80.